The second-order valence-corrected chi connectivity index (χ2v) is 5.64. The Morgan fingerprint density at radius 2 is 1.78 bits per heavy atom. The Labute approximate surface area is 153 Å². The SMILES string of the molecule is COc1ccc(CNc2nc(-c3ccc(C(F)(F)F)cc3)co2)c(OC)c1. The van der Waals surface area contributed by atoms with E-state index in [0.717, 1.165) is 17.7 Å². The van der Waals surface area contributed by atoms with E-state index >= 15 is 0 Å². The second-order valence-electron chi connectivity index (χ2n) is 5.64. The van der Waals surface area contributed by atoms with Gasteiger partial charge in [-0.2, -0.15) is 18.2 Å². The minimum Gasteiger partial charge on any atom is -0.497 e. The Morgan fingerprint density at radius 3 is 2.41 bits per heavy atom. The molecule has 0 atom stereocenters. The van der Waals surface area contributed by atoms with Gasteiger partial charge in [0.05, 0.1) is 19.8 Å². The fraction of sp³-hybridized carbons (Fsp3) is 0.211. The summed E-state index contributed by atoms with van der Waals surface area (Å²) >= 11 is 0. The molecular formula is C19H17F3N2O3. The van der Waals surface area contributed by atoms with Gasteiger partial charge >= 0.3 is 6.18 Å². The molecule has 5 nitrogen and oxygen atoms in total. The maximum Gasteiger partial charge on any atom is 0.416 e. The Morgan fingerprint density at radius 1 is 1.04 bits per heavy atom. The first-order valence-corrected chi connectivity index (χ1v) is 7.98. The van der Waals surface area contributed by atoms with Gasteiger partial charge in [0.2, 0.25) is 0 Å². The van der Waals surface area contributed by atoms with Gasteiger partial charge in [-0.25, -0.2) is 0 Å². The predicted molar refractivity (Wildman–Crippen MR) is 93.8 cm³/mol. The highest BCUT2D eigenvalue weighted by Gasteiger charge is 2.30. The van der Waals surface area contributed by atoms with Crippen LogP contribution in [0.5, 0.6) is 11.5 Å². The van der Waals surface area contributed by atoms with Crippen molar-refractivity contribution in [2.24, 2.45) is 0 Å². The van der Waals surface area contributed by atoms with Gasteiger partial charge in [0.25, 0.3) is 6.01 Å². The van der Waals surface area contributed by atoms with Crippen LogP contribution in [0.25, 0.3) is 11.3 Å². The summed E-state index contributed by atoms with van der Waals surface area (Å²) in [7, 11) is 3.13. The monoisotopic (exact) mass is 378 g/mol. The topological polar surface area (TPSA) is 56.5 Å². The van der Waals surface area contributed by atoms with Crippen molar-refractivity contribution in [3.05, 3.63) is 59.9 Å². The largest absolute Gasteiger partial charge is 0.497 e. The van der Waals surface area contributed by atoms with E-state index in [1.54, 1.807) is 20.3 Å². The van der Waals surface area contributed by atoms with Gasteiger partial charge in [-0.15, -0.1) is 0 Å². The fourth-order valence-corrected chi connectivity index (χ4v) is 2.49. The van der Waals surface area contributed by atoms with Gasteiger partial charge in [-0.3, -0.25) is 0 Å². The average Bonchev–Trinajstić information content (AvgIpc) is 3.14. The van der Waals surface area contributed by atoms with Crippen LogP contribution in [0.3, 0.4) is 0 Å². The summed E-state index contributed by atoms with van der Waals surface area (Å²) in [4.78, 5) is 4.25. The molecule has 1 N–H and O–H groups in total. The molecule has 3 aromatic rings. The number of methoxy groups -OCH3 is 2. The Hall–Kier alpha value is -3.16. The molecular weight excluding hydrogens is 361 g/mol. The molecule has 8 heteroatoms. The van der Waals surface area contributed by atoms with Crippen LogP contribution in [0.1, 0.15) is 11.1 Å². The molecule has 0 aliphatic heterocycles. The lowest BCUT2D eigenvalue weighted by Gasteiger charge is -2.10. The van der Waals surface area contributed by atoms with Crippen LogP contribution >= 0.6 is 0 Å². The number of halogens is 3. The van der Waals surface area contributed by atoms with E-state index in [1.165, 1.54) is 18.4 Å². The molecule has 2 aromatic carbocycles. The highest BCUT2D eigenvalue weighted by molar-refractivity contribution is 5.60. The maximum absolute atomic E-state index is 12.6. The minimum atomic E-state index is -4.37. The normalized spacial score (nSPS) is 11.3. The highest BCUT2D eigenvalue weighted by Crippen LogP contribution is 2.31. The van der Waals surface area contributed by atoms with Crippen LogP contribution in [0.4, 0.5) is 19.2 Å². The van der Waals surface area contributed by atoms with Crippen molar-refractivity contribution in [2.75, 3.05) is 19.5 Å². The van der Waals surface area contributed by atoms with Gasteiger partial charge in [0.15, 0.2) is 0 Å². The van der Waals surface area contributed by atoms with Crippen molar-refractivity contribution in [3.8, 4) is 22.8 Å². The summed E-state index contributed by atoms with van der Waals surface area (Å²) in [6.07, 6.45) is -2.98. The summed E-state index contributed by atoms with van der Waals surface area (Å²) in [6.45, 7) is 0.389. The van der Waals surface area contributed by atoms with Crippen LogP contribution in [0.15, 0.2) is 53.1 Å². The standard InChI is InChI=1S/C19H17F3N2O3/c1-25-15-8-5-13(17(9-15)26-2)10-23-18-24-16(11-27-18)12-3-6-14(7-4-12)19(20,21)22/h3-9,11H,10H2,1-2H3,(H,23,24). The average molecular weight is 378 g/mol. The number of oxazole rings is 1. The molecule has 0 unspecified atom stereocenters. The number of ether oxygens (including phenoxy) is 2. The smallest absolute Gasteiger partial charge is 0.416 e. The number of nitrogens with one attached hydrogen (secondary N) is 1. The summed E-state index contributed by atoms with van der Waals surface area (Å²) in [5.74, 6) is 1.33. The zero-order valence-electron chi connectivity index (χ0n) is 14.6. The Kier molecular flexibility index (Phi) is 5.25. The molecule has 0 aliphatic carbocycles. The zero-order chi connectivity index (χ0) is 19.4. The first kappa shape index (κ1) is 18.6. The van der Waals surface area contributed by atoms with Crippen molar-refractivity contribution in [2.45, 2.75) is 12.7 Å². The van der Waals surface area contributed by atoms with Gasteiger partial charge in [0.1, 0.15) is 23.5 Å². The van der Waals surface area contributed by atoms with E-state index in [1.807, 2.05) is 12.1 Å². The summed E-state index contributed by atoms with van der Waals surface area (Å²) in [6, 6.07) is 10.4. The number of hydrogen-bond acceptors (Lipinski definition) is 5. The highest BCUT2D eigenvalue weighted by atomic mass is 19.4. The number of anilines is 1. The summed E-state index contributed by atoms with van der Waals surface area (Å²) in [5.41, 5.74) is 1.13. The molecule has 0 spiro atoms. The van der Waals surface area contributed by atoms with Crippen LogP contribution < -0.4 is 14.8 Å². The molecule has 0 saturated heterocycles. The molecule has 0 aliphatic rings. The number of aromatic nitrogens is 1. The van der Waals surface area contributed by atoms with Crippen molar-refractivity contribution < 1.29 is 27.1 Å². The van der Waals surface area contributed by atoms with Crippen LogP contribution in [0, 0.1) is 0 Å². The van der Waals surface area contributed by atoms with Crippen molar-refractivity contribution in [3.63, 3.8) is 0 Å². The maximum atomic E-state index is 12.6. The van der Waals surface area contributed by atoms with Crippen molar-refractivity contribution in [1.29, 1.82) is 0 Å². The molecule has 0 fully saturated rings. The molecule has 142 valence electrons. The van der Waals surface area contributed by atoms with Crippen molar-refractivity contribution >= 4 is 6.01 Å². The molecule has 1 heterocycles. The summed E-state index contributed by atoms with van der Waals surface area (Å²) < 4.78 is 53.7. The predicted octanol–water partition coefficient (Wildman–Crippen LogP) is 4.99. The van der Waals surface area contributed by atoms with E-state index in [4.69, 9.17) is 13.9 Å². The van der Waals surface area contributed by atoms with E-state index in [0.29, 0.717) is 29.3 Å². The number of rotatable bonds is 6. The van der Waals surface area contributed by atoms with E-state index in [9.17, 15) is 13.2 Å². The van der Waals surface area contributed by atoms with Crippen LogP contribution in [-0.4, -0.2) is 19.2 Å². The Balaban J connectivity index is 1.70. The quantitative estimate of drug-likeness (QED) is 0.655. The van der Waals surface area contributed by atoms with Gasteiger partial charge < -0.3 is 19.2 Å². The zero-order valence-corrected chi connectivity index (χ0v) is 14.6. The van der Waals surface area contributed by atoms with E-state index < -0.39 is 11.7 Å². The number of benzene rings is 2. The second kappa shape index (κ2) is 7.61. The third kappa shape index (κ3) is 4.33. The molecule has 1 aromatic heterocycles. The molecule has 0 bridgehead atoms. The van der Waals surface area contributed by atoms with Crippen LogP contribution in [-0.2, 0) is 12.7 Å². The molecule has 0 radical (unpaired) electrons. The van der Waals surface area contributed by atoms with Gasteiger partial charge in [-0.05, 0) is 24.3 Å². The number of alkyl halides is 3. The lowest BCUT2D eigenvalue weighted by Crippen LogP contribution is -2.04. The summed E-state index contributed by atoms with van der Waals surface area (Å²) in [5, 5.41) is 3.02. The number of nitrogens with zero attached hydrogens (tertiary/aromatic N) is 1. The molecule has 0 saturated carbocycles. The lowest BCUT2D eigenvalue weighted by molar-refractivity contribution is -0.137. The fourth-order valence-electron chi connectivity index (χ4n) is 2.49. The molecule has 27 heavy (non-hydrogen) atoms. The van der Waals surface area contributed by atoms with E-state index in [2.05, 4.69) is 10.3 Å². The minimum absolute atomic E-state index is 0.253. The third-order valence-electron chi connectivity index (χ3n) is 3.94. The third-order valence-corrected chi connectivity index (χ3v) is 3.94. The molecule has 3 rings (SSSR count). The Bertz CT molecular complexity index is 905. The van der Waals surface area contributed by atoms with Gasteiger partial charge in [-0.1, -0.05) is 12.1 Å². The van der Waals surface area contributed by atoms with Crippen molar-refractivity contribution in [1.82, 2.24) is 4.98 Å². The van der Waals surface area contributed by atoms with Crippen LogP contribution in [0.2, 0.25) is 0 Å². The first-order valence-electron chi connectivity index (χ1n) is 7.98. The van der Waals surface area contributed by atoms with E-state index in [-0.39, 0.29) is 6.01 Å². The number of hydrogen-bond donors (Lipinski definition) is 1. The molecule has 0 amide bonds. The first-order chi connectivity index (χ1) is 12.9. The lowest BCUT2D eigenvalue weighted by atomic mass is 10.1. The van der Waals surface area contributed by atoms with Gasteiger partial charge in [0, 0.05) is 23.7 Å².